The van der Waals surface area contributed by atoms with Gasteiger partial charge in [-0.2, -0.15) is 0 Å². The Labute approximate surface area is 197 Å². The standard InChI is InChI=1S/C29H31NO2S/c1-21-7-13-27(14-8-21)33(31,32)30-26-11-9-25(10-12-26)29-18-22-15-23(19-29)17-28(16-22,20-29)24-5-3-2-4-6-24/h2-14,22-23,30H,15-20H2,1H3/t22-,23+,28?,29?. The summed E-state index contributed by atoms with van der Waals surface area (Å²) < 4.78 is 28.4. The Morgan fingerprint density at radius 2 is 1.27 bits per heavy atom. The van der Waals surface area contributed by atoms with Crippen LogP contribution >= 0.6 is 0 Å². The molecule has 0 spiro atoms. The fraction of sp³-hybridized carbons (Fsp3) is 0.379. The zero-order valence-electron chi connectivity index (χ0n) is 19.1. The van der Waals surface area contributed by atoms with Gasteiger partial charge in [0.25, 0.3) is 10.0 Å². The van der Waals surface area contributed by atoms with Crippen molar-refractivity contribution >= 4 is 15.7 Å². The molecular formula is C29H31NO2S. The third-order valence-electron chi connectivity index (χ3n) is 8.53. The molecular weight excluding hydrogens is 426 g/mol. The zero-order valence-corrected chi connectivity index (χ0v) is 19.9. The Morgan fingerprint density at radius 3 is 1.85 bits per heavy atom. The lowest BCUT2D eigenvalue weighted by Gasteiger charge is -2.62. The van der Waals surface area contributed by atoms with Crippen LogP contribution in [0.4, 0.5) is 5.69 Å². The van der Waals surface area contributed by atoms with Gasteiger partial charge >= 0.3 is 0 Å². The first-order valence-electron chi connectivity index (χ1n) is 12.1. The highest BCUT2D eigenvalue weighted by molar-refractivity contribution is 7.92. The lowest BCUT2D eigenvalue weighted by Crippen LogP contribution is -2.55. The first-order valence-corrected chi connectivity index (χ1v) is 13.6. The Bertz CT molecular complexity index is 1250. The first-order chi connectivity index (χ1) is 15.9. The van der Waals surface area contributed by atoms with Gasteiger partial charge in [0.2, 0.25) is 0 Å². The highest BCUT2D eigenvalue weighted by Crippen LogP contribution is 2.66. The van der Waals surface area contributed by atoms with Crippen molar-refractivity contribution in [1.82, 2.24) is 0 Å². The van der Waals surface area contributed by atoms with E-state index in [2.05, 4.69) is 47.2 Å². The molecule has 3 aromatic rings. The number of aryl methyl sites for hydroxylation is 1. The van der Waals surface area contributed by atoms with Crippen molar-refractivity contribution in [3.05, 3.63) is 95.6 Å². The number of sulfonamides is 1. The fourth-order valence-electron chi connectivity index (χ4n) is 7.55. The van der Waals surface area contributed by atoms with E-state index in [0.29, 0.717) is 16.0 Å². The minimum atomic E-state index is -3.58. The van der Waals surface area contributed by atoms with Crippen molar-refractivity contribution in [1.29, 1.82) is 0 Å². The molecule has 4 heteroatoms. The number of hydrogen-bond acceptors (Lipinski definition) is 2. The topological polar surface area (TPSA) is 46.2 Å². The zero-order chi connectivity index (χ0) is 22.7. The average molecular weight is 458 g/mol. The largest absolute Gasteiger partial charge is 0.280 e. The van der Waals surface area contributed by atoms with Gasteiger partial charge in [0.1, 0.15) is 0 Å². The predicted octanol–water partition coefficient (Wildman–Crippen LogP) is 6.59. The van der Waals surface area contributed by atoms with Crippen LogP contribution in [0.2, 0.25) is 0 Å². The Morgan fingerprint density at radius 1 is 0.727 bits per heavy atom. The van der Waals surface area contributed by atoms with E-state index in [-0.39, 0.29) is 5.41 Å². The quantitative estimate of drug-likeness (QED) is 0.470. The average Bonchev–Trinajstić information content (AvgIpc) is 2.79. The maximum Gasteiger partial charge on any atom is 0.261 e. The van der Waals surface area contributed by atoms with E-state index < -0.39 is 10.0 Å². The van der Waals surface area contributed by atoms with Gasteiger partial charge in [-0.05, 0) is 104 Å². The van der Waals surface area contributed by atoms with Crippen LogP contribution in [0.1, 0.15) is 55.2 Å². The van der Waals surface area contributed by atoms with Gasteiger partial charge in [0.05, 0.1) is 4.90 Å². The van der Waals surface area contributed by atoms with E-state index >= 15 is 0 Å². The van der Waals surface area contributed by atoms with Gasteiger partial charge in [-0.25, -0.2) is 8.42 Å². The molecule has 0 aromatic heterocycles. The maximum atomic E-state index is 12.8. The second-order valence-corrected chi connectivity index (χ2v) is 12.6. The SMILES string of the molecule is Cc1ccc(S(=O)(=O)Nc2ccc(C34C[C@@H]5C[C@@H](CC(c6ccccc6)(C5)C3)C4)cc2)cc1. The molecule has 0 saturated heterocycles. The van der Waals surface area contributed by atoms with E-state index in [1.165, 1.54) is 49.7 Å². The van der Waals surface area contributed by atoms with E-state index in [1.54, 1.807) is 12.1 Å². The molecule has 0 heterocycles. The second kappa shape index (κ2) is 7.46. The summed E-state index contributed by atoms with van der Waals surface area (Å²) in [5, 5.41) is 0. The van der Waals surface area contributed by atoms with Crippen LogP contribution in [0.25, 0.3) is 0 Å². The third-order valence-corrected chi connectivity index (χ3v) is 9.93. The molecule has 1 N–H and O–H groups in total. The summed E-state index contributed by atoms with van der Waals surface area (Å²) in [6, 6.07) is 26.4. The summed E-state index contributed by atoms with van der Waals surface area (Å²) in [6.45, 7) is 1.95. The van der Waals surface area contributed by atoms with E-state index in [0.717, 1.165) is 17.4 Å². The summed E-state index contributed by atoms with van der Waals surface area (Å²) in [6.07, 6.45) is 7.78. The molecule has 4 aliphatic rings. The summed E-state index contributed by atoms with van der Waals surface area (Å²) in [7, 11) is -3.58. The molecule has 4 bridgehead atoms. The highest BCUT2D eigenvalue weighted by Gasteiger charge is 2.58. The summed E-state index contributed by atoms with van der Waals surface area (Å²) >= 11 is 0. The van der Waals surface area contributed by atoms with Crippen LogP contribution < -0.4 is 4.72 Å². The number of benzene rings is 3. The molecule has 4 saturated carbocycles. The molecule has 0 amide bonds. The van der Waals surface area contributed by atoms with Gasteiger partial charge in [-0.3, -0.25) is 4.72 Å². The van der Waals surface area contributed by atoms with Crippen molar-refractivity contribution in [2.45, 2.75) is 61.2 Å². The molecule has 3 nitrogen and oxygen atoms in total. The Hall–Kier alpha value is -2.59. The number of rotatable bonds is 5. The fourth-order valence-corrected chi connectivity index (χ4v) is 8.61. The third kappa shape index (κ3) is 3.59. The maximum absolute atomic E-state index is 12.8. The molecule has 0 aliphatic heterocycles. The van der Waals surface area contributed by atoms with Crippen LogP contribution in [0.5, 0.6) is 0 Å². The van der Waals surface area contributed by atoms with Gasteiger partial charge in [0.15, 0.2) is 0 Å². The van der Waals surface area contributed by atoms with E-state index in [9.17, 15) is 8.42 Å². The number of nitrogens with one attached hydrogen (secondary N) is 1. The van der Waals surface area contributed by atoms with Gasteiger partial charge < -0.3 is 0 Å². The molecule has 0 radical (unpaired) electrons. The van der Waals surface area contributed by atoms with Crippen LogP contribution in [0.15, 0.2) is 83.8 Å². The summed E-state index contributed by atoms with van der Waals surface area (Å²) in [4.78, 5) is 0.295. The summed E-state index contributed by atoms with van der Waals surface area (Å²) in [5.74, 6) is 1.59. The van der Waals surface area contributed by atoms with Gasteiger partial charge in [-0.15, -0.1) is 0 Å². The molecule has 4 aliphatic carbocycles. The highest BCUT2D eigenvalue weighted by atomic mass is 32.2. The molecule has 3 aromatic carbocycles. The van der Waals surface area contributed by atoms with Gasteiger partial charge in [0, 0.05) is 5.69 Å². The summed E-state index contributed by atoms with van der Waals surface area (Å²) in [5.41, 5.74) is 5.09. The van der Waals surface area contributed by atoms with E-state index in [1.807, 2.05) is 31.2 Å². The normalized spacial score (nSPS) is 30.3. The van der Waals surface area contributed by atoms with Crippen LogP contribution in [-0.4, -0.2) is 8.42 Å². The van der Waals surface area contributed by atoms with Crippen molar-refractivity contribution in [2.24, 2.45) is 11.8 Å². The first kappa shape index (κ1) is 21.0. The Balaban J connectivity index is 1.28. The van der Waals surface area contributed by atoms with Crippen LogP contribution in [0.3, 0.4) is 0 Å². The smallest absolute Gasteiger partial charge is 0.261 e. The lowest BCUT2D eigenvalue weighted by molar-refractivity contribution is -0.0281. The minimum Gasteiger partial charge on any atom is -0.280 e. The molecule has 4 fully saturated rings. The molecule has 7 rings (SSSR count). The van der Waals surface area contributed by atoms with Crippen LogP contribution in [0, 0.1) is 18.8 Å². The van der Waals surface area contributed by atoms with Crippen molar-refractivity contribution < 1.29 is 8.42 Å². The van der Waals surface area contributed by atoms with Crippen molar-refractivity contribution in [3.63, 3.8) is 0 Å². The van der Waals surface area contributed by atoms with Gasteiger partial charge in [-0.1, -0.05) is 60.2 Å². The Kier molecular flexibility index (Phi) is 4.74. The molecule has 4 atom stereocenters. The lowest BCUT2D eigenvalue weighted by atomic mass is 9.42. The van der Waals surface area contributed by atoms with E-state index in [4.69, 9.17) is 0 Å². The van der Waals surface area contributed by atoms with Crippen molar-refractivity contribution in [3.8, 4) is 0 Å². The molecule has 33 heavy (non-hydrogen) atoms. The monoisotopic (exact) mass is 457 g/mol. The molecule has 2 unspecified atom stereocenters. The van der Waals surface area contributed by atoms with Crippen molar-refractivity contribution in [2.75, 3.05) is 4.72 Å². The van der Waals surface area contributed by atoms with Crippen LogP contribution in [-0.2, 0) is 20.9 Å². The number of anilines is 1. The number of hydrogen-bond donors (Lipinski definition) is 1. The minimum absolute atomic E-state index is 0.217. The predicted molar refractivity (Wildman–Crippen MR) is 133 cm³/mol. The second-order valence-electron chi connectivity index (χ2n) is 10.9. The molecule has 170 valence electrons.